The van der Waals surface area contributed by atoms with E-state index in [4.69, 9.17) is 0 Å². The molecule has 3 rings (SSSR count). The first-order chi connectivity index (χ1) is 10.7. The molecule has 0 aromatic heterocycles. The van der Waals surface area contributed by atoms with Crippen LogP contribution in [0.1, 0.15) is 64.2 Å². The van der Waals surface area contributed by atoms with Gasteiger partial charge in [-0.05, 0) is 44.4 Å². The normalized spacial score (nSPS) is 37.6. The highest BCUT2D eigenvalue weighted by atomic mass is 16.4. The van der Waals surface area contributed by atoms with Crippen molar-refractivity contribution in [3.05, 3.63) is 12.2 Å². The molecule has 4 nitrogen and oxygen atoms in total. The zero-order valence-electron chi connectivity index (χ0n) is 13.6. The third kappa shape index (κ3) is 3.54. The molecule has 124 valence electrons. The standard InChI is InChI=1S/C18H30N2O2/c21-17(22)18-13-15(18)9-6-4-2-1-3-5-7-10-16-11-8-12-20(16)19-14-18/h6,9,15-16,19H,1-5,7-8,10-14H2,(H,21,22). The molecule has 0 aromatic rings. The first kappa shape index (κ1) is 16.0. The van der Waals surface area contributed by atoms with Crippen LogP contribution in [0.4, 0.5) is 0 Å². The van der Waals surface area contributed by atoms with Crippen LogP contribution < -0.4 is 5.43 Å². The molecule has 0 amide bonds. The van der Waals surface area contributed by atoms with E-state index in [1.807, 2.05) is 0 Å². The minimum Gasteiger partial charge on any atom is -0.481 e. The largest absolute Gasteiger partial charge is 0.481 e. The summed E-state index contributed by atoms with van der Waals surface area (Å²) in [5, 5.41) is 12.0. The summed E-state index contributed by atoms with van der Waals surface area (Å²) in [5.41, 5.74) is 2.93. The molecule has 3 atom stereocenters. The molecular formula is C18H30N2O2. The Labute approximate surface area is 133 Å². The summed E-state index contributed by atoms with van der Waals surface area (Å²) in [6.07, 6.45) is 16.6. The van der Waals surface area contributed by atoms with E-state index in [-0.39, 0.29) is 5.92 Å². The van der Waals surface area contributed by atoms with Crippen molar-refractivity contribution in [2.45, 2.75) is 70.3 Å². The lowest BCUT2D eigenvalue weighted by atomic mass is 10.0. The lowest BCUT2D eigenvalue weighted by Gasteiger charge is -2.27. The highest BCUT2D eigenvalue weighted by molar-refractivity contribution is 5.79. The van der Waals surface area contributed by atoms with Gasteiger partial charge in [-0.1, -0.05) is 37.8 Å². The number of allylic oxidation sites excluding steroid dienone is 2. The lowest BCUT2D eigenvalue weighted by Crippen LogP contribution is -2.46. The van der Waals surface area contributed by atoms with Crippen LogP contribution in [0.15, 0.2) is 12.2 Å². The summed E-state index contributed by atoms with van der Waals surface area (Å²) >= 11 is 0. The van der Waals surface area contributed by atoms with E-state index in [1.165, 1.54) is 51.4 Å². The fourth-order valence-electron chi connectivity index (χ4n) is 4.13. The van der Waals surface area contributed by atoms with E-state index in [2.05, 4.69) is 22.6 Å². The fourth-order valence-corrected chi connectivity index (χ4v) is 4.13. The van der Waals surface area contributed by atoms with Crippen molar-refractivity contribution in [2.24, 2.45) is 11.3 Å². The second-order valence-corrected chi connectivity index (χ2v) is 7.37. The minimum atomic E-state index is -0.630. The monoisotopic (exact) mass is 306 g/mol. The molecule has 22 heavy (non-hydrogen) atoms. The number of hydrogen-bond acceptors (Lipinski definition) is 3. The zero-order valence-corrected chi connectivity index (χ0v) is 13.6. The Morgan fingerprint density at radius 1 is 1.14 bits per heavy atom. The summed E-state index contributed by atoms with van der Waals surface area (Å²) in [6, 6.07) is 0.615. The van der Waals surface area contributed by atoms with Gasteiger partial charge in [0.25, 0.3) is 0 Å². The molecule has 4 heteroatoms. The van der Waals surface area contributed by atoms with Crippen molar-refractivity contribution in [1.82, 2.24) is 10.4 Å². The minimum absolute atomic E-state index is 0.226. The molecule has 2 N–H and O–H groups in total. The van der Waals surface area contributed by atoms with Gasteiger partial charge >= 0.3 is 5.97 Å². The molecule has 0 aromatic carbocycles. The van der Waals surface area contributed by atoms with Crippen LogP contribution in [0.5, 0.6) is 0 Å². The molecule has 1 saturated carbocycles. The van der Waals surface area contributed by atoms with E-state index in [9.17, 15) is 9.90 Å². The molecule has 0 bridgehead atoms. The highest BCUT2D eigenvalue weighted by Gasteiger charge is 2.59. The lowest BCUT2D eigenvalue weighted by molar-refractivity contribution is -0.144. The van der Waals surface area contributed by atoms with E-state index in [0.29, 0.717) is 12.6 Å². The number of hydrazine groups is 1. The highest BCUT2D eigenvalue weighted by Crippen LogP contribution is 2.53. The molecule has 1 saturated heterocycles. The van der Waals surface area contributed by atoms with E-state index >= 15 is 0 Å². The van der Waals surface area contributed by atoms with Gasteiger partial charge in [-0.2, -0.15) is 0 Å². The van der Waals surface area contributed by atoms with Crippen LogP contribution in [0.3, 0.4) is 0 Å². The Balaban J connectivity index is 1.64. The third-order valence-corrected chi connectivity index (χ3v) is 5.81. The average molecular weight is 306 g/mol. The van der Waals surface area contributed by atoms with Crippen molar-refractivity contribution in [1.29, 1.82) is 0 Å². The van der Waals surface area contributed by atoms with Gasteiger partial charge in [-0.3, -0.25) is 10.2 Å². The predicted molar refractivity (Wildman–Crippen MR) is 87.4 cm³/mol. The third-order valence-electron chi connectivity index (χ3n) is 5.81. The number of carbonyl (C=O) groups is 1. The SMILES string of the molecule is O=C(O)C12CNN3CCCC3CCCCCCCC=CC1C2. The molecule has 3 unspecified atom stereocenters. The van der Waals surface area contributed by atoms with Gasteiger partial charge in [0.2, 0.25) is 0 Å². The quantitative estimate of drug-likeness (QED) is 0.730. The number of carboxylic acids is 1. The Bertz CT molecular complexity index is 423. The van der Waals surface area contributed by atoms with Gasteiger partial charge in [0.05, 0.1) is 5.41 Å². The van der Waals surface area contributed by atoms with Gasteiger partial charge in [0.1, 0.15) is 0 Å². The molecule has 2 fully saturated rings. The Morgan fingerprint density at radius 3 is 2.77 bits per heavy atom. The summed E-state index contributed by atoms with van der Waals surface area (Å²) in [7, 11) is 0. The number of aliphatic carboxylic acids is 1. The Morgan fingerprint density at radius 2 is 1.91 bits per heavy atom. The number of carboxylic acid groups (broad SMARTS) is 1. The van der Waals surface area contributed by atoms with Crippen molar-refractivity contribution in [2.75, 3.05) is 13.1 Å². The molecule has 0 radical (unpaired) electrons. The number of nitrogens with zero attached hydrogens (tertiary/aromatic N) is 1. The zero-order chi connectivity index (χ0) is 15.4. The predicted octanol–water partition coefficient (Wildman–Crippen LogP) is 3.35. The molecule has 2 heterocycles. The van der Waals surface area contributed by atoms with Crippen LogP contribution in [0, 0.1) is 11.3 Å². The summed E-state index contributed by atoms with van der Waals surface area (Å²) in [4.78, 5) is 11.7. The molecular weight excluding hydrogens is 276 g/mol. The van der Waals surface area contributed by atoms with Gasteiger partial charge in [-0.15, -0.1) is 0 Å². The maximum absolute atomic E-state index is 11.7. The molecule has 2 aliphatic heterocycles. The summed E-state index contributed by atoms with van der Waals surface area (Å²) < 4.78 is 0. The van der Waals surface area contributed by atoms with Crippen LogP contribution >= 0.6 is 0 Å². The number of nitrogens with one attached hydrogen (secondary N) is 1. The topological polar surface area (TPSA) is 52.6 Å². The first-order valence-corrected chi connectivity index (χ1v) is 9.12. The van der Waals surface area contributed by atoms with Crippen molar-refractivity contribution in [3.8, 4) is 0 Å². The van der Waals surface area contributed by atoms with Crippen LogP contribution in [0.25, 0.3) is 0 Å². The van der Waals surface area contributed by atoms with E-state index in [1.54, 1.807) is 0 Å². The van der Waals surface area contributed by atoms with Crippen molar-refractivity contribution in [3.63, 3.8) is 0 Å². The Hall–Kier alpha value is -0.870. The van der Waals surface area contributed by atoms with E-state index in [0.717, 1.165) is 19.4 Å². The van der Waals surface area contributed by atoms with Gasteiger partial charge in [0, 0.05) is 19.1 Å². The number of hydrogen-bond donors (Lipinski definition) is 2. The van der Waals surface area contributed by atoms with Gasteiger partial charge in [0.15, 0.2) is 0 Å². The van der Waals surface area contributed by atoms with Crippen molar-refractivity contribution >= 4 is 5.97 Å². The van der Waals surface area contributed by atoms with Gasteiger partial charge < -0.3 is 5.11 Å². The molecule has 1 aliphatic carbocycles. The smallest absolute Gasteiger partial charge is 0.311 e. The first-order valence-electron chi connectivity index (χ1n) is 9.12. The van der Waals surface area contributed by atoms with Crippen LogP contribution in [-0.4, -0.2) is 35.2 Å². The summed E-state index contributed by atoms with van der Waals surface area (Å²) in [5.74, 6) is -0.404. The van der Waals surface area contributed by atoms with Crippen LogP contribution in [-0.2, 0) is 4.79 Å². The Kier molecular flexibility index (Phi) is 5.19. The second-order valence-electron chi connectivity index (χ2n) is 7.37. The molecule has 3 aliphatic rings. The fraction of sp³-hybridized carbons (Fsp3) is 0.833. The maximum atomic E-state index is 11.7. The van der Waals surface area contributed by atoms with Gasteiger partial charge in [-0.25, -0.2) is 5.01 Å². The van der Waals surface area contributed by atoms with Crippen molar-refractivity contribution < 1.29 is 9.90 Å². The second kappa shape index (κ2) is 7.14. The van der Waals surface area contributed by atoms with Crippen LogP contribution in [0.2, 0.25) is 0 Å². The number of rotatable bonds is 1. The van der Waals surface area contributed by atoms with E-state index < -0.39 is 11.4 Å². The molecule has 0 spiro atoms. The summed E-state index contributed by atoms with van der Waals surface area (Å²) in [6.45, 7) is 1.66. The average Bonchev–Trinajstić information content (AvgIpc) is 3.04. The number of fused-ring (bicyclic) bond motifs is 2. The maximum Gasteiger partial charge on any atom is 0.311 e.